The molecule has 0 N–H and O–H groups in total. The number of benzene rings is 2. The number of ether oxygens (including phenoxy) is 1. The summed E-state index contributed by atoms with van der Waals surface area (Å²) in [6.07, 6.45) is 0. The molecule has 2 amide bonds. The van der Waals surface area contributed by atoms with Gasteiger partial charge >= 0.3 is 0 Å². The first kappa shape index (κ1) is 18.3. The van der Waals surface area contributed by atoms with Gasteiger partial charge in [-0.15, -0.1) is 0 Å². The molecule has 0 spiro atoms. The fraction of sp³-hybridized carbons (Fsp3) is 0.300. The minimum absolute atomic E-state index is 0.0414. The lowest BCUT2D eigenvalue weighted by atomic mass is 10.1. The highest BCUT2D eigenvalue weighted by molar-refractivity contribution is 6.30. The molecule has 1 saturated heterocycles. The summed E-state index contributed by atoms with van der Waals surface area (Å²) < 4.78 is 5.63. The van der Waals surface area contributed by atoms with Crippen LogP contribution in [0.2, 0.25) is 5.02 Å². The Morgan fingerprint density at radius 3 is 2.58 bits per heavy atom. The van der Waals surface area contributed by atoms with Crippen molar-refractivity contribution in [1.29, 1.82) is 0 Å². The van der Waals surface area contributed by atoms with Gasteiger partial charge in [-0.25, -0.2) is 0 Å². The highest BCUT2D eigenvalue weighted by Gasteiger charge is 2.33. The fourth-order valence-electron chi connectivity index (χ4n) is 3.00. The van der Waals surface area contributed by atoms with Crippen LogP contribution in [0.25, 0.3) is 0 Å². The quantitative estimate of drug-likeness (QED) is 0.827. The van der Waals surface area contributed by atoms with Gasteiger partial charge in [0.25, 0.3) is 5.91 Å². The standard InChI is InChI=1S/C20H21ClN2O3/c1-14-5-3-4-6-18(14)26-13-20(25)22-12-19(24)23(11-15(22)2)17-9-7-16(21)8-10-17/h3-10,15H,11-13H2,1-2H3/t15-/m0/s1. The highest BCUT2D eigenvalue weighted by Crippen LogP contribution is 2.23. The smallest absolute Gasteiger partial charge is 0.261 e. The molecular formula is C20H21ClN2O3. The van der Waals surface area contributed by atoms with E-state index in [0.29, 0.717) is 17.3 Å². The Bertz CT molecular complexity index is 807. The first-order valence-corrected chi connectivity index (χ1v) is 8.87. The summed E-state index contributed by atoms with van der Waals surface area (Å²) in [5, 5.41) is 0.622. The van der Waals surface area contributed by atoms with Crippen molar-refractivity contribution in [2.45, 2.75) is 19.9 Å². The lowest BCUT2D eigenvalue weighted by Crippen LogP contribution is -2.58. The number of piperazine rings is 1. The molecule has 1 atom stereocenters. The molecular weight excluding hydrogens is 352 g/mol. The Labute approximate surface area is 158 Å². The molecule has 0 bridgehead atoms. The van der Waals surface area contributed by atoms with Crippen molar-refractivity contribution < 1.29 is 14.3 Å². The minimum Gasteiger partial charge on any atom is -0.484 e. The summed E-state index contributed by atoms with van der Waals surface area (Å²) in [6, 6.07) is 14.6. The van der Waals surface area contributed by atoms with E-state index in [4.69, 9.17) is 16.3 Å². The number of hydrogen-bond acceptors (Lipinski definition) is 3. The monoisotopic (exact) mass is 372 g/mol. The number of carbonyl (C=O) groups excluding carboxylic acids is 2. The Balaban J connectivity index is 1.63. The summed E-state index contributed by atoms with van der Waals surface area (Å²) in [5.41, 5.74) is 1.76. The molecule has 2 aromatic rings. The largest absolute Gasteiger partial charge is 0.484 e. The van der Waals surface area contributed by atoms with Gasteiger partial charge in [0.1, 0.15) is 12.3 Å². The summed E-state index contributed by atoms with van der Waals surface area (Å²) in [4.78, 5) is 28.3. The molecule has 3 rings (SSSR count). The molecule has 1 aliphatic heterocycles. The fourth-order valence-corrected chi connectivity index (χ4v) is 3.12. The van der Waals surface area contributed by atoms with Crippen LogP contribution in [0.4, 0.5) is 5.69 Å². The normalized spacial score (nSPS) is 17.3. The lowest BCUT2D eigenvalue weighted by molar-refractivity contribution is -0.141. The summed E-state index contributed by atoms with van der Waals surface area (Å²) >= 11 is 5.91. The first-order chi connectivity index (χ1) is 12.5. The molecule has 136 valence electrons. The van der Waals surface area contributed by atoms with Gasteiger partial charge in [0.2, 0.25) is 5.91 Å². The zero-order chi connectivity index (χ0) is 18.7. The number of hydrogen-bond donors (Lipinski definition) is 0. The summed E-state index contributed by atoms with van der Waals surface area (Å²) in [6.45, 7) is 4.26. The van der Waals surface area contributed by atoms with Crippen molar-refractivity contribution in [3.63, 3.8) is 0 Å². The number of para-hydroxylation sites is 1. The van der Waals surface area contributed by atoms with Crippen molar-refractivity contribution in [2.75, 3.05) is 24.6 Å². The molecule has 1 fully saturated rings. The van der Waals surface area contributed by atoms with E-state index >= 15 is 0 Å². The van der Waals surface area contributed by atoms with Crippen LogP contribution in [0.3, 0.4) is 0 Å². The molecule has 0 saturated carbocycles. The Morgan fingerprint density at radius 2 is 1.88 bits per heavy atom. The Morgan fingerprint density at radius 1 is 1.19 bits per heavy atom. The van der Waals surface area contributed by atoms with E-state index in [2.05, 4.69) is 0 Å². The minimum atomic E-state index is -0.190. The van der Waals surface area contributed by atoms with Crippen molar-refractivity contribution in [2.24, 2.45) is 0 Å². The zero-order valence-electron chi connectivity index (χ0n) is 14.8. The van der Waals surface area contributed by atoms with E-state index < -0.39 is 0 Å². The zero-order valence-corrected chi connectivity index (χ0v) is 15.6. The van der Waals surface area contributed by atoms with Gasteiger partial charge in [0.05, 0.1) is 0 Å². The highest BCUT2D eigenvalue weighted by atomic mass is 35.5. The maximum Gasteiger partial charge on any atom is 0.261 e. The van der Waals surface area contributed by atoms with Gasteiger partial charge in [-0.2, -0.15) is 0 Å². The summed E-state index contributed by atoms with van der Waals surface area (Å²) in [5.74, 6) is 0.374. The third-order valence-electron chi connectivity index (χ3n) is 4.49. The third kappa shape index (κ3) is 3.99. The predicted octanol–water partition coefficient (Wildman–Crippen LogP) is 3.29. The van der Waals surface area contributed by atoms with Crippen LogP contribution < -0.4 is 9.64 Å². The Kier molecular flexibility index (Phi) is 5.47. The molecule has 0 radical (unpaired) electrons. The molecule has 26 heavy (non-hydrogen) atoms. The van der Waals surface area contributed by atoms with Crippen LogP contribution in [0, 0.1) is 6.92 Å². The van der Waals surface area contributed by atoms with Gasteiger partial charge in [-0.05, 0) is 49.7 Å². The predicted molar refractivity (Wildman–Crippen MR) is 102 cm³/mol. The maximum absolute atomic E-state index is 12.5. The molecule has 6 heteroatoms. The molecule has 1 heterocycles. The van der Waals surface area contributed by atoms with Gasteiger partial charge in [0.15, 0.2) is 6.61 Å². The Hall–Kier alpha value is -2.53. The number of amides is 2. The number of aryl methyl sites for hydroxylation is 1. The topological polar surface area (TPSA) is 49.9 Å². The van der Waals surface area contributed by atoms with Gasteiger partial charge in [-0.1, -0.05) is 29.8 Å². The van der Waals surface area contributed by atoms with Gasteiger partial charge < -0.3 is 14.5 Å². The lowest BCUT2D eigenvalue weighted by Gasteiger charge is -2.39. The molecule has 5 nitrogen and oxygen atoms in total. The average Bonchev–Trinajstić information content (AvgIpc) is 2.63. The van der Waals surface area contributed by atoms with Crippen LogP contribution in [0.5, 0.6) is 5.75 Å². The number of carbonyl (C=O) groups is 2. The second kappa shape index (κ2) is 7.79. The van der Waals surface area contributed by atoms with Crippen LogP contribution >= 0.6 is 11.6 Å². The first-order valence-electron chi connectivity index (χ1n) is 8.49. The average molecular weight is 373 g/mol. The van der Waals surface area contributed by atoms with Crippen LogP contribution in [-0.2, 0) is 9.59 Å². The molecule has 0 aliphatic carbocycles. The van der Waals surface area contributed by atoms with E-state index in [9.17, 15) is 9.59 Å². The maximum atomic E-state index is 12.5. The van der Waals surface area contributed by atoms with E-state index in [1.807, 2.05) is 50.2 Å². The number of nitrogens with zero attached hydrogens (tertiary/aromatic N) is 2. The van der Waals surface area contributed by atoms with Crippen molar-refractivity contribution in [1.82, 2.24) is 4.90 Å². The van der Waals surface area contributed by atoms with Crippen molar-refractivity contribution in [3.8, 4) is 5.75 Å². The molecule has 0 unspecified atom stereocenters. The molecule has 2 aromatic carbocycles. The van der Waals surface area contributed by atoms with Crippen LogP contribution in [0.15, 0.2) is 48.5 Å². The molecule has 1 aliphatic rings. The van der Waals surface area contributed by atoms with Crippen molar-refractivity contribution >= 4 is 29.1 Å². The van der Waals surface area contributed by atoms with Gasteiger partial charge in [-0.3, -0.25) is 9.59 Å². The SMILES string of the molecule is Cc1ccccc1OCC(=O)N1CC(=O)N(c2ccc(Cl)cc2)C[C@@H]1C. The van der Waals surface area contributed by atoms with Crippen LogP contribution in [0.1, 0.15) is 12.5 Å². The number of anilines is 1. The summed E-state index contributed by atoms with van der Waals surface area (Å²) in [7, 11) is 0. The third-order valence-corrected chi connectivity index (χ3v) is 4.74. The van der Waals surface area contributed by atoms with E-state index in [-0.39, 0.29) is 31.0 Å². The van der Waals surface area contributed by atoms with Crippen molar-refractivity contribution in [3.05, 3.63) is 59.1 Å². The van der Waals surface area contributed by atoms with E-state index in [0.717, 1.165) is 11.3 Å². The second-order valence-corrected chi connectivity index (χ2v) is 6.84. The second-order valence-electron chi connectivity index (χ2n) is 6.41. The van der Waals surface area contributed by atoms with Crippen LogP contribution in [-0.4, -0.2) is 42.5 Å². The van der Waals surface area contributed by atoms with Gasteiger partial charge in [0, 0.05) is 23.3 Å². The molecule has 0 aromatic heterocycles. The van der Waals surface area contributed by atoms with E-state index in [1.165, 1.54) is 0 Å². The number of rotatable bonds is 4. The number of halogens is 1. The van der Waals surface area contributed by atoms with E-state index in [1.54, 1.807) is 21.9 Å².